The Hall–Kier alpha value is -0.730. The van der Waals surface area contributed by atoms with Gasteiger partial charge < -0.3 is 0 Å². The lowest BCUT2D eigenvalue weighted by atomic mass is 10.1. The Kier molecular flexibility index (Phi) is 3.63. The van der Waals surface area contributed by atoms with Crippen LogP contribution in [-0.4, -0.2) is 0 Å². The Morgan fingerprint density at radius 1 is 1.40 bits per heavy atom. The number of hydrogen-bond donors (Lipinski definition) is 0. The molecule has 0 spiro atoms. The van der Waals surface area contributed by atoms with Gasteiger partial charge in [0, 0.05) is 10.4 Å². The van der Waals surface area contributed by atoms with Gasteiger partial charge in [0.25, 0.3) is 0 Å². The SMILES string of the molecule is N#Cc1cc(C(F)(F)F)cc(Cl)c1CBr. The molecule has 0 aliphatic heterocycles. The van der Waals surface area contributed by atoms with Crippen molar-refractivity contribution in [1.29, 1.82) is 5.26 Å². The van der Waals surface area contributed by atoms with Crippen molar-refractivity contribution in [3.63, 3.8) is 0 Å². The van der Waals surface area contributed by atoms with Gasteiger partial charge in [-0.15, -0.1) is 0 Å². The Balaban J connectivity index is 3.41. The van der Waals surface area contributed by atoms with E-state index in [0.717, 1.165) is 12.1 Å². The first-order valence-corrected chi connectivity index (χ1v) is 5.25. The lowest BCUT2D eigenvalue weighted by Crippen LogP contribution is -2.06. The Morgan fingerprint density at radius 2 is 2.00 bits per heavy atom. The maximum absolute atomic E-state index is 12.3. The monoisotopic (exact) mass is 297 g/mol. The number of nitriles is 1. The van der Waals surface area contributed by atoms with Gasteiger partial charge in [0.05, 0.1) is 17.2 Å². The molecule has 0 atom stereocenters. The van der Waals surface area contributed by atoms with Crippen LogP contribution in [0.2, 0.25) is 5.02 Å². The number of benzene rings is 1. The van der Waals surface area contributed by atoms with Crippen LogP contribution in [0.1, 0.15) is 16.7 Å². The summed E-state index contributed by atoms with van der Waals surface area (Å²) in [7, 11) is 0. The van der Waals surface area contributed by atoms with Crippen LogP contribution in [0.25, 0.3) is 0 Å². The standard InChI is InChI=1S/C9H4BrClF3N/c10-3-7-5(4-15)1-6(2-8(7)11)9(12,13)14/h1-2H,3H2. The van der Waals surface area contributed by atoms with Crippen molar-refractivity contribution in [1.82, 2.24) is 0 Å². The smallest absolute Gasteiger partial charge is 0.192 e. The van der Waals surface area contributed by atoms with Crippen LogP contribution in [0.3, 0.4) is 0 Å². The topological polar surface area (TPSA) is 23.8 Å². The van der Waals surface area contributed by atoms with E-state index in [1.807, 2.05) is 0 Å². The maximum atomic E-state index is 12.3. The molecule has 1 aromatic carbocycles. The Morgan fingerprint density at radius 3 is 2.40 bits per heavy atom. The summed E-state index contributed by atoms with van der Waals surface area (Å²) in [5.74, 6) is 0. The van der Waals surface area contributed by atoms with E-state index >= 15 is 0 Å². The highest BCUT2D eigenvalue weighted by Crippen LogP contribution is 2.34. The van der Waals surface area contributed by atoms with Crippen LogP contribution in [0.5, 0.6) is 0 Å². The average molecular weight is 298 g/mol. The normalized spacial score (nSPS) is 11.2. The molecular formula is C9H4BrClF3N. The molecule has 0 saturated carbocycles. The van der Waals surface area contributed by atoms with E-state index in [-0.39, 0.29) is 15.9 Å². The van der Waals surface area contributed by atoms with Gasteiger partial charge in [-0.3, -0.25) is 0 Å². The van der Waals surface area contributed by atoms with Crippen molar-refractivity contribution in [2.24, 2.45) is 0 Å². The average Bonchev–Trinajstić information content (AvgIpc) is 2.15. The van der Waals surface area contributed by atoms with E-state index < -0.39 is 11.7 Å². The molecule has 1 aromatic rings. The van der Waals surface area contributed by atoms with Gasteiger partial charge in [-0.25, -0.2) is 0 Å². The van der Waals surface area contributed by atoms with Crippen molar-refractivity contribution in [2.75, 3.05) is 0 Å². The van der Waals surface area contributed by atoms with Crippen LogP contribution < -0.4 is 0 Å². The molecule has 6 heteroatoms. The molecule has 0 fully saturated rings. The lowest BCUT2D eigenvalue weighted by Gasteiger charge is -2.10. The summed E-state index contributed by atoms with van der Waals surface area (Å²) in [4.78, 5) is 0. The van der Waals surface area contributed by atoms with Crippen LogP contribution in [0.4, 0.5) is 13.2 Å². The van der Waals surface area contributed by atoms with Gasteiger partial charge in [0.15, 0.2) is 0 Å². The third kappa shape index (κ3) is 2.64. The summed E-state index contributed by atoms with van der Waals surface area (Å²) in [6.07, 6.45) is -4.49. The van der Waals surface area contributed by atoms with Crippen LogP contribution in [-0.2, 0) is 11.5 Å². The van der Waals surface area contributed by atoms with E-state index in [1.165, 1.54) is 0 Å². The van der Waals surface area contributed by atoms with E-state index in [1.54, 1.807) is 6.07 Å². The van der Waals surface area contributed by atoms with E-state index in [2.05, 4.69) is 15.9 Å². The molecule has 0 aliphatic rings. The fraction of sp³-hybridized carbons (Fsp3) is 0.222. The highest BCUT2D eigenvalue weighted by molar-refractivity contribution is 9.08. The molecule has 0 heterocycles. The zero-order valence-corrected chi connectivity index (χ0v) is 9.54. The van der Waals surface area contributed by atoms with E-state index in [4.69, 9.17) is 16.9 Å². The molecule has 0 bridgehead atoms. The Bertz CT molecular complexity index is 423. The molecule has 0 unspecified atom stereocenters. The number of alkyl halides is 4. The number of hydrogen-bond acceptors (Lipinski definition) is 1. The van der Waals surface area contributed by atoms with Crippen LogP contribution in [0, 0.1) is 11.3 Å². The van der Waals surface area contributed by atoms with Gasteiger partial charge in [-0.1, -0.05) is 27.5 Å². The first-order chi connectivity index (χ1) is 6.90. The Labute approximate surface area is 97.6 Å². The van der Waals surface area contributed by atoms with Gasteiger partial charge in [-0.2, -0.15) is 18.4 Å². The quantitative estimate of drug-likeness (QED) is 0.715. The highest BCUT2D eigenvalue weighted by Gasteiger charge is 2.31. The fourth-order valence-electron chi connectivity index (χ4n) is 1.04. The second-order valence-electron chi connectivity index (χ2n) is 2.73. The van der Waals surface area contributed by atoms with Crippen molar-refractivity contribution >= 4 is 27.5 Å². The van der Waals surface area contributed by atoms with Gasteiger partial charge in [0.2, 0.25) is 0 Å². The fourth-order valence-corrected chi connectivity index (χ4v) is 2.09. The molecule has 0 N–H and O–H groups in total. The number of halogens is 5. The first kappa shape index (κ1) is 12.3. The number of rotatable bonds is 1. The molecule has 0 aliphatic carbocycles. The third-order valence-corrected chi connectivity index (χ3v) is 2.67. The molecule has 0 saturated heterocycles. The minimum Gasteiger partial charge on any atom is -0.192 e. The summed E-state index contributed by atoms with van der Waals surface area (Å²) in [5, 5.41) is 8.85. The molecule has 15 heavy (non-hydrogen) atoms. The van der Waals surface area contributed by atoms with Crippen molar-refractivity contribution in [3.8, 4) is 6.07 Å². The molecular weight excluding hydrogens is 294 g/mol. The molecule has 0 radical (unpaired) electrons. The second-order valence-corrected chi connectivity index (χ2v) is 3.70. The molecule has 1 rings (SSSR count). The molecule has 0 amide bonds. The molecule has 0 aromatic heterocycles. The number of nitrogens with zero attached hydrogens (tertiary/aromatic N) is 1. The predicted molar refractivity (Wildman–Crippen MR) is 53.8 cm³/mol. The van der Waals surface area contributed by atoms with E-state index in [9.17, 15) is 13.2 Å². The van der Waals surface area contributed by atoms with E-state index in [0.29, 0.717) is 5.56 Å². The van der Waals surface area contributed by atoms with Crippen molar-refractivity contribution < 1.29 is 13.2 Å². The minimum atomic E-state index is -4.49. The first-order valence-electron chi connectivity index (χ1n) is 3.76. The summed E-state index contributed by atoms with van der Waals surface area (Å²) in [5.41, 5.74) is -0.604. The summed E-state index contributed by atoms with van der Waals surface area (Å²) in [6, 6.07) is 3.30. The van der Waals surface area contributed by atoms with Gasteiger partial charge in [0.1, 0.15) is 0 Å². The van der Waals surface area contributed by atoms with Crippen molar-refractivity contribution in [3.05, 3.63) is 33.8 Å². The summed E-state index contributed by atoms with van der Waals surface area (Å²) in [6.45, 7) is 0. The lowest BCUT2D eigenvalue weighted by molar-refractivity contribution is -0.137. The molecule has 1 nitrogen and oxygen atoms in total. The zero-order valence-electron chi connectivity index (χ0n) is 7.20. The highest BCUT2D eigenvalue weighted by atomic mass is 79.9. The van der Waals surface area contributed by atoms with Crippen LogP contribution in [0.15, 0.2) is 12.1 Å². The van der Waals surface area contributed by atoms with Gasteiger partial charge in [-0.05, 0) is 17.7 Å². The van der Waals surface area contributed by atoms with Gasteiger partial charge >= 0.3 is 6.18 Å². The second kappa shape index (κ2) is 4.42. The zero-order chi connectivity index (χ0) is 11.6. The summed E-state index contributed by atoms with van der Waals surface area (Å²) >= 11 is 8.70. The summed E-state index contributed by atoms with van der Waals surface area (Å²) < 4.78 is 37.0. The third-order valence-electron chi connectivity index (χ3n) is 1.78. The minimum absolute atomic E-state index is 0.0572. The molecule has 80 valence electrons. The maximum Gasteiger partial charge on any atom is 0.416 e. The predicted octanol–water partition coefficient (Wildman–Crippen LogP) is 4.13. The van der Waals surface area contributed by atoms with Crippen molar-refractivity contribution in [2.45, 2.75) is 11.5 Å². The van der Waals surface area contributed by atoms with Crippen LogP contribution >= 0.6 is 27.5 Å². The largest absolute Gasteiger partial charge is 0.416 e.